The number of nitrogens with two attached hydrogens (primary N) is 1. The molecular weight excluding hydrogens is 260 g/mol. The van der Waals surface area contributed by atoms with Crippen molar-refractivity contribution in [3.05, 3.63) is 54.6 Å². The van der Waals surface area contributed by atoms with Gasteiger partial charge in [0.25, 0.3) is 0 Å². The molecule has 3 heteroatoms. The van der Waals surface area contributed by atoms with Crippen molar-refractivity contribution in [1.29, 1.82) is 0 Å². The fraction of sp³-hybridized carbons (Fsp3) is 0.278. The summed E-state index contributed by atoms with van der Waals surface area (Å²) in [6.45, 7) is 5.86. The molecule has 3 nitrogen and oxygen atoms in total. The van der Waals surface area contributed by atoms with Gasteiger partial charge in [-0.15, -0.1) is 0 Å². The van der Waals surface area contributed by atoms with Crippen molar-refractivity contribution in [3.8, 4) is 11.1 Å². The molecular formula is C18H22N2O. The standard InChI is InChI=1S/C18H22N2O/c1-18(2,3)16(19)17(21)20-15-11-9-14(10-12-15)13-7-5-4-6-8-13/h4-12,16H,19H2,1-3H3,(H,20,21)/t16-/m0/s1. The van der Waals surface area contributed by atoms with E-state index in [1.165, 1.54) is 0 Å². The number of rotatable bonds is 3. The maximum absolute atomic E-state index is 12.1. The largest absolute Gasteiger partial charge is 0.325 e. The van der Waals surface area contributed by atoms with Crippen LogP contribution < -0.4 is 11.1 Å². The smallest absolute Gasteiger partial charge is 0.241 e. The number of anilines is 1. The van der Waals surface area contributed by atoms with Crippen molar-refractivity contribution in [2.24, 2.45) is 11.1 Å². The van der Waals surface area contributed by atoms with Crippen LogP contribution in [0.4, 0.5) is 5.69 Å². The average molecular weight is 282 g/mol. The zero-order chi connectivity index (χ0) is 15.5. The molecule has 0 saturated carbocycles. The van der Waals surface area contributed by atoms with E-state index in [9.17, 15) is 4.79 Å². The van der Waals surface area contributed by atoms with Gasteiger partial charge in [0.2, 0.25) is 5.91 Å². The van der Waals surface area contributed by atoms with Crippen molar-refractivity contribution in [3.63, 3.8) is 0 Å². The molecule has 0 fully saturated rings. The van der Waals surface area contributed by atoms with Crippen molar-refractivity contribution in [2.75, 3.05) is 5.32 Å². The first-order chi connectivity index (χ1) is 9.88. The van der Waals surface area contributed by atoms with Gasteiger partial charge in [-0.2, -0.15) is 0 Å². The summed E-state index contributed by atoms with van der Waals surface area (Å²) in [7, 11) is 0. The number of amides is 1. The Bertz CT molecular complexity index is 597. The summed E-state index contributed by atoms with van der Waals surface area (Å²) in [5, 5.41) is 2.86. The highest BCUT2D eigenvalue weighted by Gasteiger charge is 2.27. The minimum Gasteiger partial charge on any atom is -0.325 e. The maximum Gasteiger partial charge on any atom is 0.241 e. The van der Waals surface area contributed by atoms with Crippen LogP contribution in [0.25, 0.3) is 11.1 Å². The highest BCUT2D eigenvalue weighted by atomic mass is 16.2. The number of carbonyl (C=O) groups is 1. The first kappa shape index (κ1) is 15.3. The van der Waals surface area contributed by atoms with Gasteiger partial charge in [-0.25, -0.2) is 0 Å². The zero-order valence-electron chi connectivity index (χ0n) is 12.8. The summed E-state index contributed by atoms with van der Waals surface area (Å²) in [6, 6.07) is 17.4. The second-order valence-electron chi connectivity index (χ2n) is 6.28. The Morgan fingerprint density at radius 2 is 1.48 bits per heavy atom. The highest BCUT2D eigenvalue weighted by Crippen LogP contribution is 2.22. The first-order valence-corrected chi connectivity index (χ1v) is 7.10. The van der Waals surface area contributed by atoms with Gasteiger partial charge in [-0.05, 0) is 28.7 Å². The van der Waals surface area contributed by atoms with Crippen LogP contribution >= 0.6 is 0 Å². The highest BCUT2D eigenvalue weighted by molar-refractivity contribution is 5.95. The fourth-order valence-corrected chi connectivity index (χ4v) is 1.99. The summed E-state index contributed by atoms with van der Waals surface area (Å²) in [4.78, 5) is 12.1. The number of hydrogen-bond donors (Lipinski definition) is 2. The number of hydrogen-bond acceptors (Lipinski definition) is 2. The van der Waals surface area contributed by atoms with E-state index < -0.39 is 6.04 Å². The van der Waals surface area contributed by atoms with Crippen molar-refractivity contribution in [1.82, 2.24) is 0 Å². The maximum atomic E-state index is 12.1. The van der Waals surface area contributed by atoms with Crippen molar-refractivity contribution >= 4 is 11.6 Å². The van der Waals surface area contributed by atoms with E-state index in [2.05, 4.69) is 17.4 Å². The molecule has 2 aromatic carbocycles. The summed E-state index contributed by atoms with van der Waals surface area (Å²) in [6.07, 6.45) is 0. The molecule has 0 bridgehead atoms. The van der Waals surface area contributed by atoms with Gasteiger partial charge >= 0.3 is 0 Å². The number of benzene rings is 2. The molecule has 3 N–H and O–H groups in total. The third kappa shape index (κ3) is 3.92. The van der Waals surface area contributed by atoms with Crippen LogP contribution in [0.5, 0.6) is 0 Å². The predicted octanol–water partition coefficient (Wildman–Crippen LogP) is 3.67. The lowest BCUT2D eigenvalue weighted by Crippen LogP contribution is -2.45. The monoisotopic (exact) mass is 282 g/mol. The minimum atomic E-state index is -0.536. The van der Waals surface area contributed by atoms with Gasteiger partial charge in [0.15, 0.2) is 0 Å². The lowest BCUT2D eigenvalue weighted by Gasteiger charge is -2.25. The number of nitrogens with one attached hydrogen (secondary N) is 1. The van der Waals surface area contributed by atoms with Gasteiger partial charge in [-0.1, -0.05) is 63.2 Å². The van der Waals surface area contributed by atoms with E-state index in [1.807, 2.05) is 63.2 Å². The molecule has 110 valence electrons. The predicted molar refractivity (Wildman–Crippen MR) is 87.9 cm³/mol. The molecule has 0 spiro atoms. The Balaban J connectivity index is 2.08. The van der Waals surface area contributed by atoms with Crippen LogP contribution in [0.1, 0.15) is 20.8 Å². The molecule has 1 amide bonds. The molecule has 0 aliphatic rings. The quantitative estimate of drug-likeness (QED) is 0.902. The molecule has 0 saturated heterocycles. The third-order valence-electron chi connectivity index (χ3n) is 3.48. The Hall–Kier alpha value is -2.13. The van der Waals surface area contributed by atoms with E-state index in [0.29, 0.717) is 0 Å². The Morgan fingerprint density at radius 3 is 2.00 bits per heavy atom. The summed E-state index contributed by atoms with van der Waals surface area (Å²) < 4.78 is 0. The van der Waals surface area contributed by atoms with Crippen LogP contribution in [0.2, 0.25) is 0 Å². The van der Waals surface area contributed by atoms with Gasteiger partial charge in [-0.3, -0.25) is 4.79 Å². The Morgan fingerprint density at radius 1 is 0.952 bits per heavy atom. The second-order valence-corrected chi connectivity index (χ2v) is 6.28. The second kappa shape index (κ2) is 6.10. The summed E-state index contributed by atoms with van der Waals surface area (Å²) >= 11 is 0. The fourth-order valence-electron chi connectivity index (χ4n) is 1.99. The molecule has 2 rings (SSSR count). The zero-order valence-corrected chi connectivity index (χ0v) is 12.8. The van der Waals surface area contributed by atoms with Crippen LogP contribution in [-0.2, 0) is 4.79 Å². The van der Waals surface area contributed by atoms with E-state index in [1.54, 1.807) is 0 Å². The topological polar surface area (TPSA) is 55.1 Å². The normalized spacial score (nSPS) is 12.8. The van der Waals surface area contributed by atoms with Gasteiger partial charge < -0.3 is 11.1 Å². The van der Waals surface area contributed by atoms with Crippen LogP contribution in [0, 0.1) is 5.41 Å². The molecule has 0 aliphatic carbocycles. The van der Waals surface area contributed by atoms with E-state index in [4.69, 9.17) is 5.73 Å². The van der Waals surface area contributed by atoms with Gasteiger partial charge in [0, 0.05) is 5.69 Å². The number of carbonyl (C=O) groups excluding carboxylic acids is 1. The average Bonchev–Trinajstić information content (AvgIpc) is 2.47. The molecule has 1 atom stereocenters. The van der Waals surface area contributed by atoms with Gasteiger partial charge in [0.05, 0.1) is 6.04 Å². The molecule has 21 heavy (non-hydrogen) atoms. The molecule has 0 radical (unpaired) electrons. The molecule has 0 unspecified atom stereocenters. The Kier molecular flexibility index (Phi) is 4.43. The lowest BCUT2D eigenvalue weighted by molar-refractivity contribution is -0.119. The minimum absolute atomic E-state index is 0.157. The van der Waals surface area contributed by atoms with Gasteiger partial charge in [0.1, 0.15) is 0 Å². The van der Waals surface area contributed by atoms with Crippen molar-refractivity contribution in [2.45, 2.75) is 26.8 Å². The Labute approximate surface area is 126 Å². The molecule has 0 aromatic heterocycles. The first-order valence-electron chi connectivity index (χ1n) is 7.10. The van der Waals surface area contributed by atoms with Crippen LogP contribution in [0.3, 0.4) is 0 Å². The molecule has 0 heterocycles. The lowest BCUT2D eigenvalue weighted by atomic mass is 9.87. The molecule has 2 aromatic rings. The summed E-state index contributed by atoms with van der Waals surface area (Å²) in [5.41, 5.74) is 8.73. The third-order valence-corrected chi connectivity index (χ3v) is 3.48. The van der Waals surface area contributed by atoms with Crippen molar-refractivity contribution < 1.29 is 4.79 Å². The van der Waals surface area contributed by atoms with E-state index in [-0.39, 0.29) is 11.3 Å². The SMILES string of the molecule is CC(C)(C)[C@@H](N)C(=O)Nc1ccc(-c2ccccc2)cc1. The van der Waals surface area contributed by atoms with Crippen LogP contribution in [0.15, 0.2) is 54.6 Å². The van der Waals surface area contributed by atoms with Crippen LogP contribution in [-0.4, -0.2) is 11.9 Å². The molecule has 0 aliphatic heterocycles. The summed E-state index contributed by atoms with van der Waals surface area (Å²) in [5.74, 6) is -0.157. The van der Waals surface area contributed by atoms with E-state index in [0.717, 1.165) is 16.8 Å². The van der Waals surface area contributed by atoms with E-state index >= 15 is 0 Å².